The Morgan fingerprint density at radius 2 is 1.97 bits per heavy atom. The fourth-order valence-electron chi connectivity index (χ4n) is 5.24. The van der Waals surface area contributed by atoms with Gasteiger partial charge in [-0.1, -0.05) is 0 Å². The van der Waals surface area contributed by atoms with E-state index >= 15 is 0 Å². The van der Waals surface area contributed by atoms with Crippen LogP contribution in [0.3, 0.4) is 0 Å². The summed E-state index contributed by atoms with van der Waals surface area (Å²) in [6.07, 6.45) is 0.961. The first-order chi connectivity index (χ1) is 18.1. The molecule has 6 rings (SSSR count). The zero-order valence-electron chi connectivity index (χ0n) is 20.2. The van der Waals surface area contributed by atoms with Crippen molar-refractivity contribution in [3.8, 4) is 11.5 Å². The van der Waals surface area contributed by atoms with Gasteiger partial charge in [-0.25, -0.2) is 24.3 Å². The van der Waals surface area contributed by atoms with E-state index in [1.165, 1.54) is 25.3 Å². The van der Waals surface area contributed by atoms with Crippen LogP contribution in [-0.4, -0.2) is 41.4 Å². The van der Waals surface area contributed by atoms with Crippen molar-refractivity contribution in [1.29, 1.82) is 0 Å². The molecule has 1 unspecified atom stereocenters. The lowest BCUT2D eigenvalue weighted by atomic mass is 9.74. The number of nitrogens with one attached hydrogen (secondary N) is 1. The Balaban J connectivity index is 1.44. The molecule has 196 valence electrons. The van der Waals surface area contributed by atoms with Gasteiger partial charge in [-0.2, -0.15) is 13.2 Å². The molecule has 1 amide bonds. The van der Waals surface area contributed by atoms with Crippen LogP contribution in [0.2, 0.25) is 0 Å². The van der Waals surface area contributed by atoms with Gasteiger partial charge in [-0.15, -0.1) is 0 Å². The molecular formula is C25H22F4N8O. The van der Waals surface area contributed by atoms with E-state index in [1.807, 2.05) is 0 Å². The van der Waals surface area contributed by atoms with Gasteiger partial charge in [0, 0.05) is 25.0 Å². The molecule has 5 heterocycles. The minimum Gasteiger partial charge on any atom is -0.383 e. The van der Waals surface area contributed by atoms with Gasteiger partial charge in [0.05, 0.1) is 22.6 Å². The number of alkyl halides is 3. The van der Waals surface area contributed by atoms with Gasteiger partial charge in [0.2, 0.25) is 5.91 Å². The van der Waals surface area contributed by atoms with Gasteiger partial charge in [-0.05, 0) is 50.7 Å². The number of hydrogen-bond donors (Lipinski definition) is 2. The fourth-order valence-corrected chi connectivity index (χ4v) is 5.24. The first-order valence-corrected chi connectivity index (χ1v) is 12.1. The van der Waals surface area contributed by atoms with E-state index in [0.29, 0.717) is 22.6 Å². The molecule has 38 heavy (non-hydrogen) atoms. The number of halogens is 4. The molecule has 0 bridgehead atoms. The molecule has 4 aromatic heterocycles. The molecule has 9 nitrogen and oxygen atoms in total. The summed E-state index contributed by atoms with van der Waals surface area (Å²) in [5.74, 6) is -0.588. The third kappa shape index (κ3) is 3.84. The zero-order valence-corrected chi connectivity index (χ0v) is 20.2. The van der Waals surface area contributed by atoms with Crippen molar-refractivity contribution in [2.24, 2.45) is 5.92 Å². The minimum atomic E-state index is -4.27. The van der Waals surface area contributed by atoms with Crippen LogP contribution in [0.1, 0.15) is 48.3 Å². The number of nitrogens with two attached hydrogens (primary N) is 1. The second-order valence-electron chi connectivity index (χ2n) is 9.66. The van der Waals surface area contributed by atoms with E-state index in [2.05, 4.69) is 30.2 Å². The molecule has 1 aliphatic heterocycles. The Hall–Kier alpha value is -4.16. The second kappa shape index (κ2) is 8.43. The van der Waals surface area contributed by atoms with E-state index in [9.17, 15) is 22.4 Å². The summed E-state index contributed by atoms with van der Waals surface area (Å²) in [4.78, 5) is 35.7. The quantitative estimate of drug-likeness (QED) is 0.362. The highest BCUT2D eigenvalue weighted by molar-refractivity contribution is 6.09. The SMILES string of the molecule is Cc1nc(C2(C3CC3)C(=O)Nc3nc(-c4cn5ccnc5c(CCCC(F)(F)F)n4)nc(N)c32)ccc1F. The number of amides is 1. The Morgan fingerprint density at radius 3 is 2.68 bits per heavy atom. The number of carbonyl (C=O) groups excluding carboxylic acids is 1. The molecule has 1 fully saturated rings. The van der Waals surface area contributed by atoms with E-state index in [-0.39, 0.29) is 53.5 Å². The van der Waals surface area contributed by atoms with Gasteiger partial charge >= 0.3 is 6.18 Å². The number of anilines is 2. The molecule has 1 saturated carbocycles. The number of aromatic nitrogens is 6. The van der Waals surface area contributed by atoms with Crippen LogP contribution >= 0.6 is 0 Å². The third-order valence-electron chi connectivity index (χ3n) is 7.08. The average molecular weight is 526 g/mol. The maximum atomic E-state index is 14.0. The molecule has 1 aliphatic carbocycles. The molecule has 3 N–H and O–H groups in total. The van der Waals surface area contributed by atoms with Crippen molar-refractivity contribution in [3.63, 3.8) is 0 Å². The largest absolute Gasteiger partial charge is 0.389 e. The topological polar surface area (TPSA) is 124 Å². The van der Waals surface area contributed by atoms with E-state index in [4.69, 9.17) is 5.73 Å². The summed E-state index contributed by atoms with van der Waals surface area (Å²) in [6.45, 7) is 1.53. The van der Waals surface area contributed by atoms with Crippen molar-refractivity contribution in [1.82, 2.24) is 29.3 Å². The van der Waals surface area contributed by atoms with Gasteiger partial charge in [0.25, 0.3) is 0 Å². The summed E-state index contributed by atoms with van der Waals surface area (Å²) < 4.78 is 53.8. The van der Waals surface area contributed by atoms with Crippen LogP contribution < -0.4 is 11.1 Å². The summed E-state index contributed by atoms with van der Waals surface area (Å²) in [5.41, 5.74) is 7.20. The highest BCUT2D eigenvalue weighted by Crippen LogP contribution is 2.57. The maximum absolute atomic E-state index is 14.0. The van der Waals surface area contributed by atoms with Crippen molar-refractivity contribution in [2.75, 3.05) is 11.1 Å². The molecule has 0 radical (unpaired) electrons. The number of nitrogens with zero attached hydrogens (tertiary/aromatic N) is 6. The number of carbonyl (C=O) groups is 1. The predicted molar refractivity (Wildman–Crippen MR) is 128 cm³/mol. The molecule has 13 heteroatoms. The van der Waals surface area contributed by atoms with Gasteiger partial charge in [-0.3, -0.25) is 9.78 Å². The molecule has 2 aliphatic rings. The van der Waals surface area contributed by atoms with E-state index < -0.39 is 23.8 Å². The molecule has 0 saturated heterocycles. The number of hydrogen-bond acceptors (Lipinski definition) is 7. The van der Waals surface area contributed by atoms with Crippen molar-refractivity contribution in [2.45, 2.75) is 50.6 Å². The highest BCUT2D eigenvalue weighted by atomic mass is 19.4. The third-order valence-corrected chi connectivity index (χ3v) is 7.08. The lowest BCUT2D eigenvalue weighted by Crippen LogP contribution is -2.39. The number of imidazole rings is 1. The standard InChI is InChI=1S/C25H22F4N8O/c1-12-14(26)6-7-17(32-12)25(13-4-5-13)18-19(30)34-20(35-21(18)36-23(25)38)16-11-37-10-9-31-22(37)15(33-16)3-2-8-24(27,28)29/h6-7,9-11,13H,2-5,8H2,1H3,(H3,30,34,35,36,38). The lowest BCUT2D eigenvalue weighted by molar-refractivity contribution is -0.135. The highest BCUT2D eigenvalue weighted by Gasteiger charge is 2.60. The molecule has 1 atom stereocenters. The first kappa shape index (κ1) is 24.2. The molecule has 0 spiro atoms. The van der Waals surface area contributed by atoms with Gasteiger partial charge in [0.1, 0.15) is 28.6 Å². The minimum absolute atomic E-state index is 0.0465. The van der Waals surface area contributed by atoms with Gasteiger partial charge < -0.3 is 15.5 Å². The Labute approximate surface area is 213 Å². The molecule has 0 aromatic carbocycles. The van der Waals surface area contributed by atoms with Crippen molar-refractivity contribution in [3.05, 3.63) is 59.2 Å². The Morgan fingerprint density at radius 1 is 1.18 bits per heavy atom. The van der Waals surface area contributed by atoms with Crippen LogP contribution in [-0.2, 0) is 16.6 Å². The summed E-state index contributed by atoms with van der Waals surface area (Å²) in [5, 5.41) is 2.82. The summed E-state index contributed by atoms with van der Waals surface area (Å²) >= 11 is 0. The predicted octanol–water partition coefficient (Wildman–Crippen LogP) is 4.14. The number of nitrogen functional groups attached to an aromatic ring is 1. The first-order valence-electron chi connectivity index (χ1n) is 12.1. The van der Waals surface area contributed by atoms with E-state index in [1.54, 1.807) is 16.8 Å². The van der Waals surface area contributed by atoms with Gasteiger partial charge in [0.15, 0.2) is 11.5 Å². The van der Waals surface area contributed by atoms with Crippen LogP contribution in [0.5, 0.6) is 0 Å². The zero-order chi connectivity index (χ0) is 26.8. The Kier molecular flexibility index (Phi) is 5.37. The monoisotopic (exact) mass is 526 g/mol. The van der Waals surface area contributed by atoms with Crippen LogP contribution in [0.15, 0.2) is 30.7 Å². The number of rotatable bonds is 6. The van der Waals surface area contributed by atoms with Crippen LogP contribution in [0.25, 0.3) is 17.2 Å². The number of aryl methyl sites for hydroxylation is 2. The molecular weight excluding hydrogens is 504 g/mol. The maximum Gasteiger partial charge on any atom is 0.389 e. The Bertz CT molecular complexity index is 1600. The smallest absolute Gasteiger partial charge is 0.383 e. The fraction of sp³-hybridized carbons (Fsp3) is 0.360. The second-order valence-corrected chi connectivity index (χ2v) is 9.66. The van der Waals surface area contributed by atoms with Crippen molar-refractivity contribution >= 4 is 23.2 Å². The molecule has 4 aromatic rings. The average Bonchev–Trinajstić information content (AvgIpc) is 3.50. The number of fused-ring (bicyclic) bond motifs is 2. The normalized spacial score (nSPS) is 19.1. The summed E-state index contributed by atoms with van der Waals surface area (Å²) in [6, 6.07) is 2.77. The lowest BCUT2D eigenvalue weighted by Gasteiger charge is -2.27. The number of pyridine rings is 1. The van der Waals surface area contributed by atoms with E-state index in [0.717, 1.165) is 12.8 Å². The van der Waals surface area contributed by atoms with Crippen molar-refractivity contribution < 1.29 is 22.4 Å². The van der Waals surface area contributed by atoms with Crippen LogP contribution in [0, 0.1) is 18.7 Å². The summed E-state index contributed by atoms with van der Waals surface area (Å²) in [7, 11) is 0. The van der Waals surface area contributed by atoms with Crippen LogP contribution in [0.4, 0.5) is 29.2 Å².